The molecule has 1 aliphatic carbocycles. The molecule has 0 spiro atoms. The molecule has 13 heavy (non-hydrogen) atoms. The van der Waals surface area contributed by atoms with Gasteiger partial charge in [-0.05, 0) is 19.3 Å². The summed E-state index contributed by atoms with van der Waals surface area (Å²) in [7, 11) is 0. The molecule has 1 aliphatic rings. The molecule has 2 unspecified atom stereocenters. The molecule has 0 aromatic rings. The number of hydrogen-bond donors (Lipinski definition) is 2. The van der Waals surface area contributed by atoms with E-state index in [4.69, 9.17) is 0 Å². The molecule has 3 heteroatoms. The normalized spacial score (nSPS) is 27.5. The van der Waals surface area contributed by atoms with E-state index >= 15 is 0 Å². The van der Waals surface area contributed by atoms with Gasteiger partial charge < -0.3 is 10.4 Å². The monoisotopic (exact) mass is 185 g/mol. The van der Waals surface area contributed by atoms with E-state index < -0.39 is 0 Å². The molecule has 0 bridgehead atoms. The van der Waals surface area contributed by atoms with Gasteiger partial charge >= 0.3 is 0 Å². The Morgan fingerprint density at radius 3 is 2.85 bits per heavy atom. The van der Waals surface area contributed by atoms with Crippen molar-refractivity contribution in [1.82, 2.24) is 5.32 Å². The fraction of sp³-hybridized carbons (Fsp3) is 0.900. The summed E-state index contributed by atoms with van der Waals surface area (Å²) in [6.45, 7) is 2.64. The predicted octanol–water partition coefficient (Wildman–Crippen LogP) is 1.06. The summed E-state index contributed by atoms with van der Waals surface area (Å²) in [4.78, 5) is 11.1. The van der Waals surface area contributed by atoms with Crippen LogP contribution in [0.2, 0.25) is 0 Å². The van der Waals surface area contributed by atoms with Gasteiger partial charge in [-0.2, -0.15) is 0 Å². The lowest BCUT2D eigenvalue weighted by Crippen LogP contribution is -2.32. The van der Waals surface area contributed by atoms with Gasteiger partial charge in [-0.15, -0.1) is 0 Å². The van der Waals surface area contributed by atoms with Crippen molar-refractivity contribution in [3.63, 3.8) is 0 Å². The third kappa shape index (κ3) is 3.35. The molecule has 1 saturated carbocycles. The molecule has 1 rings (SSSR count). The van der Waals surface area contributed by atoms with Gasteiger partial charge in [-0.1, -0.05) is 13.3 Å². The molecule has 0 radical (unpaired) electrons. The highest BCUT2D eigenvalue weighted by Crippen LogP contribution is 2.24. The number of aliphatic hydroxyl groups excluding tert-OH is 1. The van der Waals surface area contributed by atoms with Gasteiger partial charge in [0.25, 0.3) is 0 Å². The standard InChI is InChI=1S/C10H19NO2/c1-2-4-10(13)11-7-8-5-3-6-9(8)12/h8-9,12H,2-7H2,1H3,(H,11,13). The zero-order valence-corrected chi connectivity index (χ0v) is 8.25. The Morgan fingerprint density at radius 1 is 1.54 bits per heavy atom. The first-order valence-corrected chi connectivity index (χ1v) is 5.18. The zero-order valence-electron chi connectivity index (χ0n) is 8.25. The number of hydrogen-bond acceptors (Lipinski definition) is 2. The minimum Gasteiger partial charge on any atom is -0.393 e. The Bertz CT molecular complexity index is 170. The maximum atomic E-state index is 11.1. The molecule has 76 valence electrons. The predicted molar refractivity (Wildman–Crippen MR) is 51.3 cm³/mol. The summed E-state index contributed by atoms with van der Waals surface area (Å²) in [5.74, 6) is 0.405. The summed E-state index contributed by atoms with van der Waals surface area (Å²) >= 11 is 0. The van der Waals surface area contributed by atoms with Gasteiger partial charge in [0.15, 0.2) is 0 Å². The number of carbonyl (C=O) groups excluding carboxylic acids is 1. The summed E-state index contributed by atoms with van der Waals surface area (Å²) in [5.41, 5.74) is 0. The zero-order chi connectivity index (χ0) is 9.68. The van der Waals surface area contributed by atoms with Crippen molar-refractivity contribution in [2.45, 2.75) is 45.1 Å². The first kappa shape index (κ1) is 10.5. The van der Waals surface area contributed by atoms with Crippen LogP contribution in [0.4, 0.5) is 0 Å². The smallest absolute Gasteiger partial charge is 0.219 e. The van der Waals surface area contributed by atoms with Crippen LogP contribution < -0.4 is 5.32 Å². The van der Waals surface area contributed by atoms with E-state index in [2.05, 4.69) is 5.32 Å². The van der Waals surface area contributed by atoms with Crippen LogP contribution in [0.1, 0.15) is 39.0 Å². The van der Waals surface area contributed by atoms with Crippen molar-refractivity contribution in [3.8, 4) is 0 Å². The molecule has 0 aromatic carbocycles. The second-order valence-electron chi connectivity index (χ2n) is 3.81. The Labute approximate surface area is 79.5 Å². The number of amides is 1. The molecule has 0 saturated heterocycles. The molecule has 2 N–H and O–H groups in total. The van der Waals surface area contributed by atoms with E-state index in [-0.39, 0.29) is 12.0 Å². The Morgan fingerprint density at radius 2 is 2.31 bits per heavy atom. The Hall–Kier alpha value is -0.570. The van der Waals surface area contributed by atoms with Gasteiger partial charge in [-0.3, -0.25) is 4.79 Å². The number of aliphatic hydroxyl groups is 1. The van der Waals surface area contributed by atoms with Gasteiger partial charge in [0, 0.05) is 18.9 Å². The van der Waals surface area contributed by atoms with Crippen LogP contribution in [0.25, 0.3) is 0 Å². The lowest BCUT2D eigenvalue weighted by Gasteiger charge is -2.14. The number of nitrogens with one attached hydrogen (secondary N) is 1. The topological polar surface area (TPSA) is 49.3 Å². The van der Waals surface area contributed by atoms with Gasteiger partial charge in [-0.25, -0.2) is 0 Å². The number of rotatable bonds is 4. The van der Waals surface area contributed by atoms with E-state index in [1.165, 1.54) is 0 Å². The highest BCUT2D eigenvalue weighted by molar-refractivity contribution is 5.75. The van der Waals surface area contributed by atoms with Gasteiger partial charge in [0.05, 0.1) is 6.10 Å². The van der Waals surface area contributed by atoms with Crippen LogP contribution in [0, 0.1) is 5.92 Å². The summed E-state index contributed by atoms with van der Waals surface area (Å²) in [5, 5.41) is 12.3. The molecular formula is C10H19NO2. The van der Waals surface area contributed by atoms with Crippen molar-refractivity contribution < 1.29 is 9.90 Å². The summed E-state index contributed by atoms with van der Waals surface area (Å²) < 4.78 is 0. The Balaban J connectivity index is 2.14. The van der Waals surface area contributed by atoms with Crippen LogP contribution in [-0.2, 0) is 4.79 Å². The molecule has 1 fully saturated rings. The first-order chi connectivity index (χ1) is 6.24. The fourth-order valence-electron chi connectivity index (χ4n) is 1.82. The SMILES string of the molecule is CCCC(=O)NCC1CCCC1O. The van der Waals surface area contributed by atoms with Crippen LogP contribution in [0.3, 0.4) is 0 Å². The highest BCUT2D eigenvalue weighted by Gasteiger charge is 2.24. The van der Waals surface area contributed by atoms with Crippen LogP contribution >= 0.6 is 0 Å². The van der Waals surface area contributed by atoms with Crippen molar-refractivity contribution in [2.75, 3.05) is 6.54 Å². The molecule has 1 amide bonds. The van der Waals surface area contributed by atoms with Crippen LogP contribution in [0.15, 0.2) is 0 Å². The van der Waals surface area contributed by atoms with Crippen LogP contribution in [0.5, 0.6) is 0 Å². The van der Waals surface area contributed by atoms with Crippen molar-refractivity contribution in [1.29, 1.82) is 0 Å². The molecule has 2 atom stereocenters. The van der Waals surface area contributed by atoms with Gasteiger partial charge in [0.1, 0.15) is 0 Å². The molecule has 0 aliphatic heterocycles. The maximum absolute atomic E-state index is 11.1. The minimum absolute atomic E-state index is 0.113. The fourth-order valence-corrected chi connectivity index (χ4v) is 1.82. The van der Waals surface area contributed by atoms with Crippen molar-refractivity contribution in [3.05, 3.63) is 0 Å². The average molecular weight is 185 g/mol. The lowest BCUT2D eigenvalue weighted by molar-refractivity contribution is -0.121. The van der Waals surface area contributed by atoms with E-state index in [0.717, 1.165) is 25.7 Å². The second-order valence-corrected chi connectivity index (χ2v) is 3.81. The van der Waals surface area contributed by atoms with E-state index in [0.29, 0.717) is 18.9 Å². The van der Waals surface area contributed by atoms with E-state index in [9.17, 15) is 9.90 Å². The van der Waals surface area contributed by atoms with E-state index in [1.54, 1.807) is 0 Å². The molecule has 0 heterocycles. The molecular weight excluding hydrogens is 166 g/mol. The third-order valence-corrected chi connectivity index (χ3v) is 2.66. The lowest BCUT2D eigenvalue weighted by atomic mass is 10.1. The molecule has 3 nitrogen and oxygen atoms in total. The van der Waals surface area contributed by atoms with E-state index in [1.807, 2.05) is 6.92 Å². The maximum Gasteiger partial charge on any atom is 0.219 e. The Kier molecular flexibility index (Phi) is 4.22. The first-order valence-electron chi connectivity index (χ1n) is 5.18. The quantitative estimate of drug-likeness (QED) is 0.688. The average Bonchev–Trinajstić information content (AvgIpc) is 2.48. The second kappa shape index (κ2) is 5.22. The number of carbonyl (C=O) groups is 1. The van der Waals surface area contributed by atoms with Crippen molar-refractivity contribution in [2.24, 2.45) is 5.92 Å². The highest BCUT2D eigenvalue weighted by atomic mass is 16.3. The van der Waals surface area contributed by atoms with Crippen LogP contribution in [-0.4, -0.2) is 23.7 Å². The largest absolute Gasteiger partial charge is 0.393 e. The summed E-state index contributed by atoms with van der Waals surface area (Å²) in [6.07, 6.45) is 4.33. The van der Waals surface area contributed by atoms with Crippen molar-refractivity contribution >= 4 is 5.91 Å². The minimum atomic E-state index is -0.193. The summed E-state index contributed by atoms with van der Waals surface area (Å²) in [6, 6.07) is 0. The van der Waals surface area contributed by atoms with Gasteiger partial charge in [0.2, 0.25) is 5.91 Å². The molecule has 0 aromatic heterocycles. The third-order valence-electron chi connectivity index (χ3n) is 2.66.